The smallest absolute Gasteiger partial charge is 0.0991 e. The fourth-order valence-electron chi connectivity index (χ4n) is 2.02. The number of hydrogen-bond donors (Lipinski definition) is 1. The van der Waals surface area contributed by atoms with Crippen molar-refractivity contribution in [2.24, 2.45) is 0 Å². The van der Waals surface area contributed by atoms with Gasteiger partial charge in [0.1, 0.15) is 0 Å². The zero-order valence-corrected chi connectivity index (χ0v) is 13.9. The summed E-state index contributed by atoms with van der Waals surface area (Å²) in [6.45, 7) is 3.17. The van der Waals surface area contributed by atoms with Crippen LogP contribution < -0.4 is 5.32 Å². The highest BCUT2D eigenvalue weighted by Crippen LogP contribution is 2.36. The summed E-state index contributed by atoms with van der Waals surface area (Å²) in [6, 6.07) is 4.47. The van der Waals surface area contributed by atoms with Gasteiger partial charge in [-0.05, 0) is 54.3 Å². The molecule has 2 heterocycles. The zero-order chi connectivity index (χ0) is 13.7. The van der Waals surface area contributed by atoms with Crippen LogP contribution in [0.3, 0.4) is 0 Å². The van der Waals surface area contributed by atoms with Crippen LogP contribution >= 0.6 is 45.9 Å². The number of hydrogen-bond acceptors (Lipinski definition) is 3. The third-order valence-electron chi connectivity index (χ3n) is 3.00. The molecular weight excluding hydrogens is 317 g/mol. The molecule has 1 atom stereocenters. The van der Waals surface area contributed by atoms with Gasteiger partial charge in [-0.3, -0.25) is 0 Å². The zero-order valence-electron chi connectivity index (χ0n) is 10.8. The summed E-state index contributed by atoms with van der Waals surface area (Å²) >= 11 is 15.5. The van der Waals surface area contributed by atoms with Gasteiger partial charge in [0.15, 0.2) is 0 Å². The van der Waals surface area contributed by atoms with Gasteiger partial charge in [0, 0.05) is 11.6 Å². The van der Waals surface area contributed by atoms with E-state index in [2.05, 4.69) is 29.1 Å². The Balaban J connectivity index is 2.04. The average Bonchev–Trinajstić information content (AvgIpc) is 3.00. The lowest BCUT2D eigenvalue weighted by atomic mass is 10.0. The highest BCUT2D eigenvalue weighted by Gasteiger charge is 2.17. The van der Waals surface area contributed by atoms with E-state index in [0.29, 0.717) is 0 Å². The van der Waals surface area contributed by atoms with Crippen molar-refractivity contribution < 1.29 is 0 Å². The van der Waals surface area contributed by atoms with Crippen molar-refractivity contribution in [3.8, 4) is 0 Å². The summed E-state index contributed by atoms with van der Waals surface area (Å²) in [5, 5.41) is 7.90. The first-order valence-electron chi connectivity index (χ1n) is 6.40. The molecule has 0 aliphatic rings. The SMILES string of the molecule is CCCNC(CCc1ccsc1)c1cc(Cl)sc1Cl. The molecule has 19 heavy (non-hydrogen) atoms. The predicted octanol–water partition coefficient (Wildman–Crippen LogP) is 5.79. The standard InChI is InChI=1S/C14H17Cl2NS2/c1-2-6-17-12(4-3-10-5-7-18-9-10)11-8-13(15)19-14(11)16/h5,7-9,12,17H,2-4,6H2,1H3. The Morgan fingerprint density at radius 3 is 2.79 bits per heavy atom. The molecule has 1 unspecified atom stereocenters. The Morgan fingerprint density at radius 1 is 1.37 bits per heavy atom. The molecule has 0 bridgehead atoms. The van der Waals surface area contributed by atoms with Crippen molar-refractivity contribution in [1.29, 1.82) is 0 Å². The Morgan fingerprint density at radius 2 is 2.21 bits per heavy atom. The van der Waals surface area contributed by atoms with Gasteiger partial charge in [0.2, 0.25) is 0 Å². The fraction of sp³-hybridized carbons (Fsp3) is 0.429. The quantitative estimate of drug-likeness (QED) is 0.676. The number of aryl methyl sites for hydroxylation is 1. The van der Waals surface area contributed by atoms with Crippen LogP contribution in [0, 0.1) is 0 Å². The van der Waals surface area contributed by atoms with Crippen molar-refractivity contribution >= 4 is 45.9 Å². The van der Waals surface area contributed by atoms with E-state index in [1.807, 2.05) is 6.07 Å². The minimum atomic E-state index is 0.288. The second-order valence-electron chi connectivity index (χ2n) is 4.46. The molecule has 1 N–H and O–H groups in total. The molecule has 0 aromatic carbocycles. The summed E-state index contributed by atoms with van der Waals surface area (Å²) in [5.41, 5.74) is 2.53. The van der Waals surface area contributed by atoms with Crippen LogP contribution in [-0.2, 0) is 6.42 Å². The Labute approximate surface area is 132 Å². The van der Waals surface area contributed by atoms with Gasteiger partial charge in [-0.15, -0.1) is 11.3 Å². The number of nitrogens with one attached hydrogen (secondary N) is 1. The number of halogens is 2. The van der Waals surface area contributed by atoms with E-state index >= 15 is 0 Å². The van der Waals surface area contributed by atoms with Crippen LogP contribution in [0.25, 0.3) is 0 Å². The molecule has 0 aliphatic heterocycles. The first-order valence-corrected chi connectivity index (χ1v) is 8.91. The Kier molecular flexibility index (Phi) is 6.17. The molecule has 0 amide bonds. The molecule has 104 valence electrons. The molecule has 2 aromatic rings. The maximum absolute atomic E-state index is 6.28. The van der Waals surface area contributed by atoms with Crippen LogP contribution in [0.2, 0.25) is 8.67 Å². The van der Waals surface area contributed by atoms with E-state index in [4.69, 9.17) is 23.2 Å². The van der Waals surface area contributed by atoms with Crippen LogP contribution in [0.5, 0.6) is 0 Å². The molecule has 0 saturated heterocycles. The van der Waals surface area contributed by atoms with Gasteiger partial charge in [-0.2, -0.15) is 11.3 Å². The lowest BCUT2D eigenvalue weighted by molar-refractivity contribution is 0.501. The van der Waals surface area contributed by atoms with Crippen molar-refractivity contribution in [2.45, 2.75) is 32.2 Å². The molecule has 2 aromatic heterocycles. The third kappa shape index (κ3) is 4.47. The molecule has 0 saturated carbocycles. The normalized spacial score (nSPS) is 12.8. The molecule has 0 spiro atoms. The highest BCUT2D eigenvalue weighted by atomic mass is 35.5. The van der Waals surface area contributed by atoms with Crippen LogP contribution in [0.1, 0.15) is 36.9 Å². The summed E-state index contributed by atoms with van der Waals surface area (Å²) in [5.74, 6) is 0. The van der Waals surface area contributed by atoms with Crippen molar-refractivity contribution in [3.05, 3.63) is 42.7 Å². The lowest BCUT2D eigenvalue weighted by Crippen LogP contribution is -2.22. The number of thiophene rings is 2. The van der Waals surface area contributed by atoms with Gasteiger partial charge >= 0.3 is 0 Å². The summed E-state index contributed by atoms with van der Waals surface area (Å²) in [7, 11) is 0. The average molecular weight is 334 g/mol. The van der Waals surface area contributed by atoms with Gasteiger partial charge in [0.05, 0.1) is 8.67 Å². The second kappa shape index (κ2) is 7.65. The lowest BCUT2D eigenvalue weighted by Gasteiger charge is -2.18. The predicted molar refractivity (Wildman–Crippen MR) is 88.0 cm³/mol. The molecule has 0 fully saturated rings. The molecule has 1 nitrogen and oxygen atoms in total. The maximum atomic E-state index is 6.28. The van der Waals surface area contributed by atoms with Gasteiger partial charge in [-0.25, -0.2) is 0 Å². The van der Waals surface area contributed by atoms with E-state index in [0.717, 1.165) is 40.0 Å². The van der Waals surface area contributed by atoms with Gasteiger partial charge in [-0.1, -0.05) is 30.1 Å². The highest BCUT2D eigenvalue weighted by molar-refractivity contribution is 7.20. The van der Waals surface area contributed by atoms with Crippen molar-refractivity contribution in [1.82, 2.24) is 5.32 Å². The summed E-state index contributed by atoms with van der Waals surface area (Å²) in [4.78, 5) is 0. The first kappa shape index (κ1) is 15.3. The van der Waals surface area contributed by atoms with E-state index < -0.39 is 0 Å². The molecule has 5 heteroatoms. The Bertz CT molecular complexity index is 494. The number of rotatable bonds is 7. The molecule has 0 aliphatic carbocycles. The second-order valence-corrected chi connectivity index (χ2v) is 7.52. The van der Waals surface area contributed by atoms with Crippen LogP contribution in [0.4, 0.5) is 0 Å². The van der Waals surface area contributed by atoms with Gasteiger partial charge in [0.25, 0.3) is 0 Å². The minimum absolute atomic E-state index is 0.288. The summed E-state index contributed by atoms with van der Waals surface area (Å²) < 4.78 is 1.57. The van der Waals surface area contributed by atoms with E-state index in [-0.39, 0.29) is 6.04 Å². The topological polar surface area (TPSA) is 12.0 Å². The monoisotopic (exact) mass is 333 g/mol. The molecular formula is C14H17Cl2NS2. The molecule has 2 rings (SSSR count). The summed E-state index contributed by atoms with van der Waals surface area (Å²) in [6.07, 6.45) is 3.22. The van der Waals surface area contributed by atoms with Crippen molar-refractivity contribution in [2.75, 3.05) is 6.54 Å². The van der Waals surface area contributed by atoms with Gasteiger partial charge < -0.3 is 5.32 Å². The molecule has 0 radical (unpaired) electrons. The maximum Gasteiger partial charge on any atom is 0.0991 e. The van der Waals surface area contributed by atoms with Crippen LogP contribution in [-0.4, -0.2) is 6.54 Å². The first-order chi connectivity index (χ1) is 9.20. The van der Waals surface area contributed by atoms with E-state index in [1.165, 1.54) is 16.9 Å². The Hall–Kier alpha value is -0.0600. The largest absolute Gasteiger partial charge is 0.310 e. The van der Waals surface area contributed by atoms with Crippen LogP contribution in [0.15, 0.2) is 22.9 Å². The minimum Gasteiger partial charge on any atom is -0.310 e. The van der Waals surface area contributed by atoms with E-state index in [9.17, 15) is 0 Å². The fourth-order valence-corrected chi connectivity index (χ4v) is 4.30. The van der Waals surface area contributed by atoms with Crippen molar-refractivity contribution in [3.63, 3.8) is 0 Å². The third-order valence-corrected chi connectivity index (χ3v) is 5.25. The van der Waals surface area contributed by atoms with E-state index in [1.54, 1.807) is 11.3 Å².